The second-order valence-electron chi connectivity index (χ2n) is 8.04. The molecule has 1 heterocycles. The number of amides is 1. The molecule has 2 aromatic rings. The monoisotopic (exact) mass is 396 g/mol. The van der Waals surface area contributed by atoms with Crippen LogP contribution in [0.4, 0.5) is 10.1 Å². The lowest BCUT2D eigenvalue weighted by atomic mass is 9.98. The molecule has 2 atom stereocenters. The van der Waals surface area contributed by atoms with Crippen LogP contribution in [0.3, 0.4) is 0 Å². The van der Waals surface area contributed by atoms with Gasteiger partial charge in [0.1, 0.15) is 11.5 Å². The molecule has 1 aliphatic rings. The van der Waals surface area contributed by atoms with E-state index in [1.807, 2.05) is 18.2 Å². The Morgan fingerprint density at radius 3 is 2.48 bits per heavy atom. The highest BCUT2D eigenvalue weighted by molar-refractivity contribution is 6.40. The van der Waals surface area contributed by atoms with Gasteiger partial charge in [-0.3, -0.25) is 4.79 Å². The Morgan fingerprint density at radius 2 is 1.79 bits per heavy atom. The summed E-state index contributed by atoms with van der Waals surface area (Å²) in [6, 6.07) is 12.2. The van der Waals surface area contributed by atoms with E-state index in [1.165, 1.54) is 12.1 Å². The Morgan fingerprint density at radius 1 is 1.10 bits per heavy atom. The van der Waals surface area contributed by atoms with Crippen LogP contribution in [0.5, 0.6) is 0 Å². The molecule has 0 fully saturated rings. The Labute approximate surface area is 171 Å². The van der Waals surface area contributed by atoms with Crippen LogP contribution in [-0.4, -0.2) is 30.2 Å². The van der Waals surface area contributed by atoms with E-state index in [4.69, 9.17) is 11.5 Å². The third-order valence-corrected chi connectivity index (χ3v) is 5.39. The number of benzene rings is 2. The second kappa shape index (κ2) is 9.29. The summed E-state index contributed by atoms with van der Waals surface area (Å²) in [5.41, 5.74) is 16.3. The van der Waals surface area contributed by atoms with Gasteiger partial charge in [-0.1, -0.05) is 38.1 Å². The zero-order valence-corrected chi connectivity index (χ0v) is 17.0. The largest absolute Gasteiger partial charge is 0.349 e. The molecule has 1 unspecified atom stereocenters. The van der Waals surface area contributed by atoms with Gasteiger partial charge in [0.05, 0.1) is 5.69 Å². The molecule has 0 radical (unpaired) electrons. The Kier molecular flexibility index (Phi) is 6.77. The third-order valence-electron chi connectivity index (χ3n) is 5.39. The lowest BCUT2D eigenvalue weighted by molar-refractivity contribution is -0.114. The Balaban J connectivity index is 1.57. The topological polar surface area (TPSA) is 93.5 Å². The summed E-state index contributed by atoms with van der Waals surface area (Å²) in [6.07, 6.45) is 2.11. The van der Waals surface area contributed by atoms with Crippen molar-refractivity contribution in [3.63, 3.8) is 0 Å². The molecule has 0 aliphatic carbocycles. The number of nitrogens with zero attached hydrogens (tertiary/aromatic N) is 1. The van der Waals surface area contributed by atoms with E-state index in [0.717, 1.165) is 35.2 Å². The summed E-state index contributed by atoms with van der Waals surface area (Å²) in [6.45, 7) is 4.59. The summed E-state index contributed by atoms with van der Waals surface area (Å²) < 4.78 is 13.1. The molecule has 0 spiro atoms. The average molecular weight is 397 g/mol. The van der Waals surface area contributed by atoms with Gasteiger partial charge in [-0.15, -0.1) is 0 Å². The van der Waals surface area contributed by atoms with Gasteiger partial charge < -0.3 is 16.8 Å². The normalized spacial score (nSPS) is 15.0. The van der Waals surface area contributed by atoms with Crippen molar-refractivity contribution in [3.8, 4) is 11.1 Å². The van der Waals surface area contributed by atoms with Crippen LogP contribution >= 0.6 is 0 Å². The molecule has 154 valence electrons. The van der Waals surface area contributed by atoms with E-state index in [1.54, 1.807) is 12.1 Å². The second-order valence-corrected chi connectivity index (χ2v) is 8.04. The number of rotatable bonds is 8. The molecular weight excluding hydrogens is 367 g/mol. The zero-order chi connectivity index (χ0) is 21.0. The highest BCUT2D eigenvalue weighted by Gasteiger charge is 2.21. The van der Waals surface area contributed by atoms with E-state index < -0.39 is 0 Å². The van der Waals surface area contributed by atoms with Crippen LogP contribution in [0, 0.1) is 11.7 Å². The van der Waals surface area contributed by atoms with Crippen molar-refractivity contribution in [1.29, 1.82) is 0 Å². The predicted molar refractivity (Wildman–Crippen MR) is 116 cm³/mol. The molecule has 5 nitrogen and oxygen atoms in total. The van der Waals surface area contributed by atoms with Crippen molar-refractivity contribution < 1.29 is 9.18 Å². The highest BCUT2D eigenvalue weighted by atomic mass is 19.1. The van der Waals surface area contributed by atoms with E-state index in [0.29, 0.717) is 24.6 Å². The van der Waals surface area contributed by atoms with Gasteiger partial charge in [-0.25, -0.2) is 9.38 Å². The molecule has 0 aromatic heterocycles. The van der Waals surface area contributed by atoms with Gasteiger partial charge in [-0.2, -0.15) is 0 Å². The third kappa shape index (κ3) is 5.49. The summed E-state index contributed by atoms with van der Waals surface area (Å²) in [5, 5.41) is 2.89. The Bertz CT molecular complexity index is 892. The molecule has 1 aliphatic heterocycles. The maximum atomic E-state index is 13.1. The lowest BCUT2D eigenvalue weighted by Crippen LogP contribution is -2.41. The van der Waals surface area contributed by atoms with Crippen molar-refractivity contribution in [2.75, 3.05) is 6.54 Å². The maximum Gasteiger partial charge on any atom is 0.266 e. The quantitative estimate of drug-likeness (QED) is 0.639. The fraction of sp³-hybridized carbons (Fsp3) is 0.391. The van der Waals surface area contributed by atoms with Crippen LogP contribution in [0.2, 0.25) is 0 Å². The summed E-state index contributed by atoms with van der Waals surface area (Å²) >= 11 is 0. The molecule has 0 saturated heterocycles. The van der Waals surface area contributed by atoms with Gasteiger partial charge in [0.15, 0.2) is 0 Å². The first-order chi connectivity index (χ1) is 13.8. The molecule has 0 bridgehead atoms. The SMILES string of the molecule is CC(C)C(N)CC[C@H](N)CNC(=O)C1=Nc2cc(-c3ccc(F)cc3)ccc2C1. The first kappa shape index (κ1) is 21.1. The van der Waals surface area contributed by atoms with Gasteiger partial charge in [0, 0.05) is 25.0 Å². The van der Waals surface area contributed by atoms with Gasteiger partial charge >= 0.3 is 0 Å². The first-order valence-electron chi connectivity index (χ1n) is 10.1. The molecule has 2 aromatic carbocycles. The number of fused-ring (bicyclic) bond motifs is 1. The van der Waals surface area contributed by atoms with Crippen LogP contribution in [0.1, 0.15) is 32.3 Å². The number of hydrogen-bond acceptors (Lipinski definition) is 4. The number of hydrogen-bond donors (Lipinski definition) is 3. The number of nitrogens with one attached hydrogen (secondary N) is 1. The minimum atomic E-state index is -0.267. The van der Waals surface area contributed by atoms with Gasteiger partial charge in [-0.05, 0) is 53.6 Å². The molecule has 6 heteroatoms. The van der Waals surface area contributed by atoms with E-state index in [-0.39, 0.29) is 23.8 Å². The van der Waals surface area contributed by atoms with E-state index >= 15 is 0 Å². The minimum Gasteiger partial charge on any atom is -0.349 e. The lowest BCUT2D eigenvalue weighted by Gasteiger charge is -2.18. The van der Waals surface area contributed by atoms with Gasteiger partial charge in [0.2, 0.25) is 0 Å². The van der Waals surface area contributed by atoms with Crippen LogP contribution in [0.15, 0.2) is 47.5 Å². The van der Waals surface area contributed by atoms with Crippen molar-refractivity contribution in [2.45, 2.75) is 45.2 Å². The molecule has 1 amide bonds. The number of carbonyl (C=O) groups is 1. The fourth-order valence-electron chi connectivity index (χ4n) is 3.30. The summed E-state index contributed by atoms with van der Waals surface area (Å²) in [5.74, 6) is -0.0348. The highest BCUT2D eigenvalue weighted by Crippen LogP contribution is 2.32. The molecule has 0 saturated carbocycles. The standard InChI is InChI=1S/C23H29FN4O/c1-14(2)20(26)10-9-19(25)13-27-23(29)22-12-17-4-3-16(11-21(17)28-22)15-5-7-18(24)8-6-15/h3-8,11,14,19-20H,9-10,12-13,25-26H2,1-2H3,(H,27,29)/t19-,20?/m0/s1. The van der Waals surface area contributed by atoms with Crippen molar-refractivity contribution in [3.05, 3.63) is 53.8 Å². The molecule has 3 rings (SSSR count). The van der Waals surface area contributed by atoms with E-state index in [2.05, 4.69) is 24.2 Å². The molecular formula is C23H29FN4O. The minimum absolute atomic E-state index is 0.126. The van der Waals surface area contributed by atoms with E-state index in [9.17, 15) is 9.18 Å². The van der Waals surface area contributed by atoms with Crippen molar-refractivity contribution >= 4 is 17.3 Å². The molecule has 29 heavy (non-hydrogen) atoms. The summed E-state index contributed by atoms with van der Waals surface area (Å²) in [7, 11) is 0. The number of aliphatic imine (C=N–C) groups is 1. The number of nitrogens with two attached hydrogens (primary N) is 2. The van der Waals surface area contributed by atoms with Crippen molar-refractivity contribution in [1.82, 2.24) is 5.32 Å². The number of carbonyl (C=O) groups excluding carboxylic acids is 1. The van der Waals surface area contributed by atoms with Crippen molar-refractivity contribution in [2.24, 2.45) is 22.4 Å². The van der Waals surface area contributed by atoms with Crippen LogP contribution in [-0.2, 0) is 11.2 Å². The summed E-state index contributed by atoms with van der Waals surface area (Å²) in [4.78, 5) is 17.0. The zero-order valence-electron chi connectivity index (χ0n) is 17.0. The number of halogens is 1. The fourth-order valence-corrected chi connectivity index (χ4v) is 3.30. The maximum absolute atomic E-state index is 13.1. The van der Waals surface area contributed by atoms with Crippen LogP contribution in [0.25, 0.3) is 11.1 Å². The van der Waals surface area contributed by atoms with Gasteiger partial charge in [0.25, 0.3) is 5.91 Å². The molecule has 5 N–H and O–H groups in total. The first-order valence-corrected chi connectivity index (χ1v) is 10.1. The smallest absolute Gasteiger partial charge is 0.266 e. The predicted octanol–water partition coefficient (Wildman–Crippen LogP) is 3.33. The average Bonchev–Trinajstić information content (AvgIpc) is 3.14. The van der Waals surface area contributed by atoms with Crippen LogP contribution < -0.4 is 16.8 Å². The Hall–Kier alpha value is -2.57.